The zero-order valence-corrected chi connectivity index (χ0v) is 13.5. The van der Waals surface area contributed by atoms with Crippen LogP contribution in [0.2, 0.25) is 5.02 Å². The number of carboxylic acids is 1. The van der Waals surface area contributed by atoms with E-state index in [2.05, 4.69) is 4.98 Å². The van der Waals surface area contributed by atoms with Crippen molar-refractivity contribution in [2.45, 2.75) is 6.61 Å². The van der Waals surface area contributed by atoms with Crippen LogP contribution in [0.15, 0.2) is 53.9 Å². The van der Waals surface area contributed by atoms with Crippen LogP contribution in [-0.2, 0) is 6.61 Å². The Balaban J connectivity index is 1.89. The normalized spacial score (nSPS) is 10.5. The molecule has 0 spiro atoms. The van der Waals surface area contributed by atoms with Crippen LogP contribution in [0.25, 0.3) is 10.6 Å². The van der Waals surface area contributed by atoms with Crippen molar-refractivity contribution >= 4 is 28.9 Å². The van der Waals surface area contributed by atoms with Gasteiger partial charge in [-0.1, -0.05) is 41.9 Å². The molecule has 2 aromatic carbocycles. The Hall–Kier alpha value is -2.37. The number of carboxylic acid groups (broad SMARTS) is 1. The quantitative estimate of drug-likeness (QED) is 0.725. The molecular weight excluding hydrogens is 334 g/mol. The summed E-state index contributed by atoms with van der Waals surface area (Å²) in [6.45, 7) is 0.409. The van der Waals surface area contributed by atoms with Crippen molar-refractivity contribution in [1.29, 1.82) is 0 Å². The summed E-state index contributed by atoms with van der Waals surface area (Å²) in [5.74, 6) is -0.439. The minimum absolute atomic E-state index is 0.0129. The predicted molar refractivity (Wildman–Crippen MR) is 90.3 cm³/mol. The van der Waals surface area contributed by atoms with E-state index >= 15 is 0 Å². The molecule has 0 saturated carbocycles. The number of ether oxygens (including phenoxy) is 1. The van der Waals surface area contributed by atoms with Gasteiger partial charge in [0.05, 0.1) is 5.56 Å². The summed E-state index contributed by atoms with van der Waals surface area (Å²) >= 11 is 7.30. The molecule has 3 aromatic rings. The summed E-state index contributed by atoms with van der Waals surface area (Å²) in [7, 11) is 0. The van der Waals surface area contributed by atoms with Crippen LogP contribution in [0.5, 0.6) is 5.75 Å². The molecular formula is C17H12ClNO3S. The maximum atomic E-state index is 11.0. The van der Waals surface area contributed by atoms with E-state index < -0.39 is 5.97 Å². The highest BCUT2D eigenvalue weighted by Gasteiger charge is 2.14. The molecule has 1 aromatic heterocycles. The van der Waals surface area contributed by atoms with Crippen LogP contribution >= 0.6 is 22.9 Å². The first-order chi connectivity index (χ1) is 11.1. The number of aromatic carboxylic acids is 1. The van der Waals surface area contributed by atoms with E-state index in [1.165, 1.54) is 16.7 Å². The van der Waals surface area contributed by atoms with E-state index in [9.17, 15) is 4.79 Å². The molecule has 0 aliphatic rings. The standard InChI is InChI=1S/C17H12ClNO3S/c18-12-6-7-15(22-9-11-4-2-1-3-5-11)13(8-12)16-19-14(10-23-16)17(20)21/h1-8,10H,9H2,(H,20,21). The Morgan fingerprint density at radius 1 is 1.22 bits per heavy atom. The molecule has 0 amide bonds. The number of carbonyl (C=O) groups is 1. The molecule has 3 rings (SSSR count). The third kappa shape index (κ3) is 3.70. The molecule has 0 aliphatic carbocycles. The lowest BCUT2D eigenvalue weighted by atomic mass is 10.2. The van der Waals surface area contributed by atoms with Gasteiger partial charge in [-0.05, 0) is 23.8 Å². The topological polar surface area (TPSA) is 59.4 Å². The molecule has 1 N–H and O–H groups in total. The highest BCUT2D eigenvalue weighted by molar-refractivity contribution is 7.13. The molecule has 1 heterocycles. The summed E-state index contributed by atoms with van der Waals surface area (Å²) < 4.78 is 5.86. The number of rotatable bonds is 5. The van der Waals surface area contributed by atoms with Crippen LogP contribution in [-0.4, -0.2) is 16.1 Å². The van der Waals surface area contributed by atoms with Gasteiger partial charge in [-0.15, -0.1) is 11.3 Å². The molecule has 0 bridgehead atoms. The van der Waals surface area contributed by atoms with Gasteiger partial charge in [0.2, 0.25) is 0 Å². The van der Waals surface area contributed by atoms with Crippen molar-refractivity contribution in [3.63, 3.8) is 0 Å². The van der Waals surface area contributed by atoms with Gasteiger partial charge in [0.1, 0.15) is 17.4 Å². The average molecular weight is 346 g/mol. The molecule has 23 heavy (non-hydrogen) atoms. The number of hydrogen-bond donors (Lipinski definition) is 1. The van der Waals surface area contributed by atoms with Gasteiger partial charge in [-0.25, -0.2) is 9.78 Å². The number of thiazole rings is 1. The van der Waals surface area contributed by atoms with Gasteiger partial charge >= 0.3 is 5.97 Å². The molecule has 116 valence electrons. The van der Waals surface area contributed by atoms with E-state index in [-0.39, 0.29) is 5.69 Å². The predicted octanol–water partition coefficient (Wildman–Crippen LogP) is 4.74. The Morgan fingerprint density at radius 2 is 2.00 bits per heavy atom. The van der Waals surface area contributed by atoms with Crippen molar-refractivity contribution in [2.24, 2.45) is 0 Å². The number of halogens is 1. The molecule has 4 nitrogen and oxygen atoms in total. The summed E-state index contributed by atoms with van der Waals surface area (Å²) in [6.07, 6.45) is 0. The zero-order chi connectivity index (χ0) is 16.2. The van der Waals surface area contributed by atoms with E-state index in [0.717, 1.165) is 5.56 Å². The third-order valence-electron chi connectivity index (χ3n) is 3.13. The van der Waals surface area contributed by atoms with Gasteiger partial charge in [0.25, 0.3) is 0 Å². The third-order valence-corrected chi connectivity index (χ3v) is 4.24. The second-order valence-electron chi connectivity index (χ2n) is 4.76. The lowest BCUT2D eigenvalue weighted by molar-refractivity contribution is 0.0691. The number of aromatic nitrogens is 1. The second kappa shape index (κ2) is 6.81. The minimum Gasteiger partial charge on any atom is -0.488 e. The van der Waals surface area contributed by atoms with Crippen LogP contribution < -0.4 is 4.74 Å². The summed E-state index contributed by atoms with van der Waals surface area (Å²) in [6, 6.07) is 15.0. The maximum absolute atomic E-state index is 11.0. The Labute approximate surface area is 142 Å². The first-order valence-electron chi connectivity index (χ1n) is 6.79. The second-order valence-corrected chi connectivity index (χ2v) is 6.05. The summed E-state index contributed by atoms with van der Waals surface area (Å²) in [5.41, 5.74) is 1.74. The largest absolute Gasteiger partial charge is 0.488 e. The van der Waals surface area contributed by atoms with Crippen LogP contribution in [0, 0.1) is 0 Å². The van der Waals surface area contributed by atoms with E-state index in [4.69, 9.17) is 21.4 Å². The van der Waals surface area contributed by atoms with Crippen molar-refractivity contribution in [3.8, 4) is 16.3 Å². The number of nitrogens with zero attached hydrogens (tertiary/aromatic N) is 1. The highest BCUT2D eigenvalue weighted by Crippen LogP contribution is 2.35. The van der Waals surface area contributed by atoms with Crippen molar-refractivity contribution in [1.82, 2.24) is 4.98 Å². The SMILES string of the molecule is O=C(O)c1csc(-c2cc(Cl)ccc2OCc2ccccc2)n1. The van der Waals surface area contributed by atoms with Gasteiger partial charge in [0.15, 0.2) is 5.69 Å². The van der Waals surface area contributed by atoms with Gasteiger partial charge in [-0.3, -0.25) is 0 Å². The molecule has 0 atom stereocenters. The zero-order valence-electron chi connectivity index (χ0n) is 11.9. The van der Waals surface area contributed by atoms with Crippen LogP contribution in [0.3, 0.4) is 0 Å². The molecule has 0 aliphatic heterocycles. The maximum Gasteiger partial charge on any atom is 0.355 e. The molecule has 0 fully saturated rings. The summed E-state index contributed by atoms with van der Waals surface area (Å²) in [5, 5.41) is 11.6. The Kier molecular flexibility index (Phi) is 4.60. The van der Waals surface area contributed by atoms with Crippen molar-refractivity contribution in [2.75, 3.05) is 0 Å². The molecule has 0 unspecified atom stereocenters. The Bertz CT molecular complexity index is 833. The lowest BCUT2D eigenvalue weighted by Gasteiger charge is -2.10. The van der Waals surface area contributed by atoms with Crippen LogP contribution in [0.1, 0.15) is 16.1 Å². The fourth-order valence-electron chi connectivity index (χ4n) is 2.03. The fourth-order valence-corrected chi connectivity index (χ4v) is 3.01. The van der Waals surface area contributed by atoms with Gasteiger partial charge < -0.3 is 9.84 Å². The average Bonchev–Trinajstić information content (AvgIpc) is 3.05. The minimum atomic E-state index is -1.05. The fraction of sp³-hybridized carbons (Fsp3) is 0.0588. The van der Waals surface area contributed by atoms with E-state index in [1.54, 1.807) is 18.2 Å². The van der Waals surface area contributed by atoms with Crippen LogP contribution in [0.4, 0.5) is 0 Å². The number of benzene rings is 2. The lowest BCUT2D eigenvalue weighted by Crippen LogP contribution is -1.98. The van der Waals surface area contributed by atoms with Crippen molar-refractivity contribution < 1.29 is 14.6 Å². The van der Waals surface area contributed by atoms with Crippen molar-refractivity contribution in [3.05, 3.63) is 70.2 Å². The Morgan fingerprint density at radius 3 is 2.70 bits per heavy atom. The monoisotopic (exact) mass is 345 g/mol. The van der Waals surface area contributed by atoms with E-state index in [0.29, 0.717) is 28.0 Å². The first-order valence-corrected chi connectivity index (χ1v) is 8.05. The molecule has 0 radical (unpaired) electrons. The first kappa shape index (κ1) is 15.5. The van der Waals surface area contributed by atoms with Gasteiger partial charge in [0, 0.05) is 10.4 Å². The molecule has 6 heteroatoms. The van der Waals surface area contributed by atoms with E-state index in [1.807, 2.05) is 30.3 Å². The van der Waals surface area contributed by atoms with Gasteiger partial charge in [-0.2, -0.15) is 0 Å². The summed E-state index contributed by atoms with van der Waals surface area (Å²) in [4.78, 5) is 15.1. The molecule has 0 saturated heterocycles. The highest BCUT2D eigenvalue weighted by atomic mass is 35.5. The smallest absolute Gasteiger partial charge is 0.355 e. The number of hydrogen-bond acceptors (Lipinski definition) is 4.